The summed E-state index contributed by atoms with van der Waals surface area (Å²) >= 11 is 0. The van der Waals surface area contributed by atoms with Crippen molar-refractivity contribution in [2.24, 2.45) is 0 Å². The molecule has 90 heavy (non-hydrogen) atoms. The minimum absolute atomic E-state index is 0.00490. The minimum Gasteiger partial charge on any atom is -0.508 e. The molecule has 5 N–H and O–H groups in total. The van der Waals surface area contributed by atoms with Crippen molar-refractivity contribution in [1.29, 1.82) is 0 Å². The Bertz CT molecular complexity index is 4490. The first-order chi connectivity index (χ1) is 44.1. The number of fused-ring (bicyclic) bond motifs is 3. The number of phenolic OH excluding ortho intramolecular Hbond substituents is 2. The van der Waals surface area contributed by atoms with Gasteiger partial charge in [0, 0.05) is 47.9 Å². The number of aromatic nitrogens is 6. The Kier molecular flexibility index (Phi) is 16.6. The third-order valence-corrected chi connectivity index (χ3v) is 16.0. The van der Waals surface area contributed by atoms with Gasteiger partial charge >= 0.3 is 35.2 Å². The number of nitrogens with one attached hydrogen (secondary N) is 3. The number of rotatable bonds is 14. The summed E-state index contributed by atoms with van der Waals surface area (Å²) in [4.78, 5) is 54.4. The number of benzene rings is 8. The van der Waals surface area contributed by atoms with Crippen molar-refractivity contribution >= 4 is 35.2 Å². The second-order valence-electron chi connectivity index (χ2n) is 22.2. The van der Waals surface area contributed by atoms with Crippen LogP contribution in [0.2, 0.25) is 0 Å². The molecule has 15 heteroatoms. The summed E-state index contributed by atoms with van der Waals surface area (Å²) in [6.45, 7) is 0. The maximum Gasteiger partial charge on any atom is 0.359 e. The summed E-state index contributed by atoms with van der Waals surface area (Å²) in [5.41, 5.74) is 12.8. The van der Waals surface area contributed by atoms with Crippen molar-refractivity contribution in [1.82, 2.24) is 15.0 Å². The highest BCUT2D eigenvalue weighted by atomic mass is 16.3. The predicted octanol–water partition coefficient (Wildman–Crippen LogP) is 12.0. The van der Waals surface area contributed by atoms with Crippen molar-refractivity contribution in [3.8, 4) is 56.5 Å². The summed E-state index contributed by atoms with van der Waals surface area (Å²) in [5.74, 6) is 3.37. The van der Waals surface area contributed by atoms with E-state index in [1.807, 2.05) is 207 Å². The van der Waals surface area contributed by atoms with Crippen molar-refractivity contribution in [2.45, 2.75) is 50.2 Å². The van der Waals surface area contributed by atoms with Crippen LogP contribution >= 0.6 is 0 Å². The Balaban J connectivity index is 0.000000124. The SMILES string of the molecule is O=C1C(Cc2ccc(O)cc2)Nc2c(Cc3ccccc3)nc(-c3ccc(O)cc3)c[n+]21.O=C1C(Cc2ccccc2)Nc2c(-c3ccccc3)nc(-c3ccccc3)c[n+]21.O=C1C(Cc2ccco2)Nc2c(Cc3ccccc3)nc(-c3ccccc3)c[n+]21. The second kappa shape index (κ2) is 26.1. The van der Waals surface area contributed by atoms with Crippen LogP contribution in [0.5, 0.6) is 11.5 Å². The van der Waals surface area contributed by atoms with E-state index < -0.39 is 6.04 Å². The average Bonchev–Trinajstić information content (AvgIpc) is 1.64. The van der Waals surface area contributed by atoms with E-state index in [0.29, 0.717) is 43.6 Å². The van der Waals surface area contributed by atoms with Gasteiger partial charge in [-0.15, -0.1) is 0 Å². The Hall–Kier alpha value is -11.7. The number of hydrogen-bond acceptors (Lipinski definition) is 12. The molecule has 0 bridgehead atoms. The quantitative estimate of drug-likeness (QED) is 0.0649. The maximum atomic E-state index is 13.3. The number of hydrogen-bond donors (Lipinski definition) is 5. The molecule has 3 unspecified atom stereocenters. The van der Waals surface area contributed by atoms with Gasteiger partial charge in [-0.2, -0.15) is 13.7 Å². The van der Waals surface area contributed by atoms with Crippen molar-refractivity contribution in [3.63, 3.8) is 0 Å². The van der Waals surface area contributed by atoms with Gasteiger partial charge in [0.1, 0.15) is 64.3 Å². The van der Waals surface area contributed by atoms with Crippen LogP contribution in [0.3, 0.4) is 0 Å². The van der Waals surface area contributed by atoms with E-state index in [4.69, 9.17) is 19.4 Å². The first-order valence-corrected chi connectivity index (χ1v) is 29.8. The number of carbonyl (C=O) groups is 3. The van der Waals surface area contributed by atoms with Gasteiger partial charge in [-0.25, -0.2) is 29.3 Å². The first-order valence-electron chi connectivity index (χ1n) is 29.8. The number of furan rings is 1. The highest BCUT2D eigenvalue weighted by Gasteiger charge is 2.44. The third-order valence-electron chi connectivity index (χ3n) is 16.0. The Morgan fingerprint density at radius 3 is 1.16 bits per heavy atom. The number of aromatic hydroxyl groups is 2. The molecular formula is C75H62N9O6+3. The minimum atomic E-state index is -0.425. The summed E-state index contributed by atoms with van der Waals surface area (Å²) in [5, 5.41) is 29.4. The van der Waals surface area contributed by atoms with Gasteiger partial charge < -0.3 is 14.6 Å². The summed E-state index contributed by atoms with van der Waals surface area (Å²) < 4.78 is 10.5. The molecular weight excluding hydrogens is 1120 g/mol. The predicted molar refractivity (Wildman–Crippen MR) is 344 cm³/mol. The molecule has 0 amide bonds. The van der Waals surface area contributed by atoms with Gasteiger partial charge in [-0.3, -0.25) is 16.0 Å². The van der Waals surface area contributed by atoms with Crippen LogP contribution in [-0.2, 0) is 32.1 Å². The fourth-order valence-electron chi connectivity index (χ4n) is 11.4. The topological polar surface area (TPSA) is 191 Å². The Morgan fingerprint density at radius 1 is 0.356 bits per heavy atom. The van der Waals surface area contributed by atoms with Gasteiger partial charge in [0.2, 0.25) is 6.04 Å². The van der Waals surface area contributed by atoms with Gasteiger partial charge in [0.15, 0.2) is 17.8 Å². The van der Waals surface area contributed by atoms with Crippen molar-refractivity contribution in [2.75, 3.05) is 16.0 Å². The standard InChI is InChI=1S/C26H21N3O3.C25H19N3O.C24H19N3O2/c30-20-10-6-18(7-11-20)15-23-26(32)29-16-24(19-8-12-21(31)13-9-19)27-22(25(29)28-23)14-17-4-2-1-3-5-17;29-25-21(16-18-10-4-1-5-11-18)27-24-23(20-14-8-3-9-15-20)26-22(17-28(24)25)19-12-6-2-7-13-19;28-24-21(15-19-12-7-13-29-19)26-23-20(14-17-8-3-1-4-9-17)25-22(16-27(23)24)18-10-5-2-6-11-18/h1-13,16,23,30-31H,14-15H2;1-15,17,21H,16H2;1-13,16,21H,14-15H2/p+3. The van der Waals surface area contributed by atoms with Crippen LogP contribution < -0.4 is 29.7 Å². The fourth-order valence-corrected chi connectivity index (χ4v) is 11.4. The van der Waals surface area contributed by atoms with Crippen LogP contribution in [-0.4, -0.2) is 61.0 Å². The zero-order valence-electron chi connectivity index (χ0n) is 48.9. The van der Waals surface area contributed by atoms with Gasteiger partial charge in [0.25, 0.3) is 0 Å². The Morgan fingerprint density at radius 2 is 0.711 bits per heavy atom. The average molecular weight is 1190 g/mol. The third kappa shape index (κ3) is 12.9. The lowest BCUT2D eigenvalue weighted by Crippen LogP contribution is -2.44. The molecule has 12 aromatic rings. The van der Waals surface area contributed by atoms with E-state index in [1.54, 1.807) is 62.6 Å². The molecule has 15 rings (SSSR count). The molecule has 0 radical (unpaired) electrons. The number of carbonyl (C=O) groups excluding carboxylic acids is 3. The highest BCUT2D eigenvalue weighted by Crippen LogP contribution is 2.32. The van der Waals surface area contributed by atoms with Gasteiger partial charge in [-0.1, -0.05) is 194 Å². The monoisotopic (exact) mass is 1180 g/mol. The molecule has 0 fully saturated rings. The normalized spacial score (nSPS) is 15.0. The van der Waals surface area contributed by atoms with Crippen LogP contribution in [0, 0.1) is 0 Å². The number of nitrogens with zero attached hydrogens (tertiary/aromatic N) is 6. The smallest absolute Gasteiger partial charge is 0.359 e. The molecule has 8 aromatic carbocycles. The summed E-state index contributed by atoms with van der Waals surface area (Å²) in [7, 11) is 0. The highest BCUT2D eigenvalue weighted by molar-refractivity contribution is 5.87. The van der Waals surface area contributed by atoms with E-state index in [1.165, 1.54) is 0 Å². The fraction of sp³-hybridized carbons (Fsp3) is 0.107. The molecule has 440 valence electrons. The lowest BCUT2D eigenvalue weighted by atomic mass is 10.1. The van der Waals surface area contributed by atoms with E-state index in [-0.39, 0.29) is 41.3 Å². The molecule has 7 heterocycles. The van der Waals surface area contributed by atoms with Crippen LogP contribution in [0.15, 0.2) is 272 Å². The van der Waals surface area contributed by atoms with E-state index >= 15 is 0 Å². The van der Waals surface area contributed by atoms with Crippen molar-refractivity contribution < 1.29 is 42.7 Å². The molecule has 15 nitrogen and oxygen atoms in total. The molecule has 0 spiro atoms. The van der Waals surface area contributed by atoms with Gasteiger partial charge in [0.05, 0.1) is 12.7 Å². The van der Waals surface area contributed by atoms with Crippen LogP contribution in [0.1, 0.15) is 53.8 Å². The lowest BCUT2D eigenvalue weighted by molar-refractivity contribution is -0.553. The second-order valence-corrected chi connectivity index (χ2v) is 22.2. The molecule has 0 aliphatic carbocycles. The summed E-state index contributed by atoms with van der Waals surface area (Å²) in [6, 6.07) is 76.5. The molecule has 0 saturated heterocycles. The zero-order valence-corrected chi connectivity index (χ0v) is 48.9. The summed E-state index contributed by atoms with van der Waals surface area (Å²) in [6.07, 6.45) is 9.91. The lowest BCUT2D eigenvalue weighted by Gasteiger charge is -2.07. The van der Waals surface area contributed by atoms with Crippen molar-refractivity contribution in [3.05, 3.63) is 307 Å². The van der Waals surface area contributed by atoms with E-state index in [0.717, 1.165) is 90.4 Å². The first kappa shape index (κ1) is 57.4. The van der Waals surface area contributed by atoms with E-state index in [2.05, 4.69) is 28.1 Å². The van der Waals surface area contributed by atoms with E-state index in [9.17, 15) is 24.6 Å². The Labute approximate surface area is 520 Å². The molecule has 3 aliphatic heterocycles. The zero-order chi connectivity index (χ0) is 61.3. The van der Waals surface area contributed by atoms with Crippen LogP contribution in [0.25, 0.3) is 45.0 Å². The largest absolute Gasteiger partial charge is 0.508 e. The van der Waals surface area contributed by atoms with Crippen LogP contribution in [0.4, 0.5) is 17.5 Å². The maximum absolute atomic E-state index is 13.3. The molecule has 4 aromatic heterocycles. The molecule has 3 atom stereocenters. The molecule has 0 saturated carbocycles. The number of phenols is 2. The van der Waals surface area contributed by atoms with Gasteiger partial charge in [-0.05, 0) is 70.8 Å². The number of anilines is 3. The molecule has 3 aliphatic rings.